The number of urea groups is 1. The maximum absolute atomic E-state index is 12.6. The number of thiophene rings is 1. The summed E-state index contributed by atoms with van der Waals surface area (Å²) in [5.41, 5.74) is 1.31. The second-order valence-electron chi connectivity index (χ2n) is 6.59. The van der Waals surface area contributed by atoms with E-state index in [1.54, 1.807) is 11.3 Å². The molecule has 2 aliphatic heterocycles. The van der Waals surface area contributed by atoms with Crippen LogP contribution in [0.3, 0.4) is 0 Å². The molecule has 132 valence electrons. The van der Waals surface area contributed by atoms with Gasteiger partial charge >= 0.3 is 6.03 Å². The first-order valence-corrected chi connectivity index (χ1v) is 9.97. The van der Waals surface area contributed by atoms with E-state index in [0.717, 1.165) is 45.2 Å². The Morgan fingerprint density at radius 3 is 3.00 bits per heavy atom. The molecular formula is C18H27N3O2S. The van der Waals surface area contributed by atoms with Crippen molar-refractivity contribution >= 4 is 23.3 Å². The number of carbonyl (C=O) groups is 2. The van der Waals surface area contributed by atoms with E-state index in [-0.39, 0.29) is 18.0 Å². The second-order valence-corrected chi connectivity index (χ2v) is 7.59. The molecule has 0 aromatic carbocycles. The fraction of sp³-hybridized carbons (Fsp3) is 0.667. The Morgan fingerprint density at radius 2 is 2.17 bits per heavy atom. The van der Waals surface area contributed by atoms with Crippen LogP contribution in [0.25, 0.3) is 0 Å². The molecule has 6 heteroatoms. The first kappa shape index (κ1) is 17.3. The van der Waals surface area contributed by atoms with E-state index in [1.807, 2.05) is 9.80 Å². The average Bonchev–Trinajstić information content (AvgIpc) is 2.98. The second kappa shape index (κ2) is 8.01. The molecule has 1 aromatic rings. The first-order valence-electron chi connectivity index (χ1n) is 9.09. The molecule has 0 aliphatic carbocycles. The number of rotatable bonds is 4. The summed E-state index contributed by atoms with van der Waals surface area (Å²) in [6.07, 6.45) is 5.73. The van der Waals surface area contributed by atoms with E-state index < -0.39 is 0 Å². The van der Waals surface area contributed by atoms with Gasteiger partial charge in [-0.1, -0.05) is 13.3 Å². The van der Waals surface area contributed by atoms with Crippen LogP contribution in [-0.4, -0.2) is 47.9 Å². The Balaban J connectivity index is 1.52. The van der Waals surface area contributed by atoms with Gasteiger partial charge in [-0.2, -0.15) is 0 Å². The van der Waals surface area contributed by atoms with Crippen LogP contribution in [0, 0.1) is 0 Å². The molecule has 1 aromatic heterocycles. The Morgan fingerprint density at radius 1 is 1.29 bits per heavy atom. The number of hydrogen-bond acceptors (Lipinski definition) is 3. The van der Waals surface area contributed by atoms with Gasteiger partial charge in [-0.25, -0.2) is 4.79 Å². The molecule has 1 saturated heterocycles. The van der Waals surface area contributed by atoms with E-state index >= 15 is 0 Å². The van der Waals surface area contributed by atoms with Crippen molar-refractivity contribution < 1.29 is 9.59 Å². The van der Waals surface area contributed by atoms with Gasteiger partial charge in [0.1, 0.15) is 0 Å². The van der Waals surface area contributed by atoms with Gasteiger partial charge in [0.05, 0.1) is 6.04 Å². The predicted octanol–water partition coefficient (Wildman–Crippen LogP) is 3.17. The van der Waals surface area contributed by atoms with Gasteiger partial charge in [0.25, 0.3) is 0 Å². The predicted molar refractivity (Wildman–Crippen MR) is 96.2 cm³/mol. The Labute approximate surface area is 148 Å². The molecular weight excluding hydrogens is 322 g/mol. The van der Waals surface area contributed by atoms with Crippen LogP contribution in [0.4, 0.5) is 4.79 Å². The molecule has 0 spiro atoms. The minimum Gasteiger partial charge on any atom is -0.341 e. The van der Waals surface area contributed by atoms with Crippen LogP contribution in [-0.2, 0) is 11.2 Å². The third-order valence-electron chi connectivity index (χ3n) is 5.07. The van der Waals surface area contributed by atoms with Crippen LogP contribution in [0.1, 0.15) is 55.5 Å². The van der Waals surface area contributed by atoms with Crippen molar-refractivity contribution in [2.45, 2.75) is 51.5 Å². The first-order chi connectivity index (χ1) is 11.7. The van der Waals surface area contributed by atoms with Crippen LogP contribution in [0.15, 0.2) is 11.4 Å². The summed E-state index contributed by atoms with van der Waals surface area (Å²) < 4.78 is 0. The van der Waals surface area contributed by atoms with Crippen LogP contribution < -0.4 is 5.32 Å². The van der Waals surface area contributed by atoms with E-state index in [1.165, 1.54) is 10.4 Å². The van der Waals surface area contributed by atoms with Crippen LogP contribution in [0.5, 0.6) is 0 Å². The number of carbonyl (C=O) groups excluding carboxylic acids is 2. The van der Waals surface area contributed by atoms with Gasteiger partial charge < -0.3 is 15.1 Å². The Kier molecular flexibility index (Phi) is 5.76. The number of fused-ring (bicyclic) bond motifs is 1. The van der Waals surface area contributed by atoms with Gasteiger partial charge in [-0.05, 0) is 42.7 Å². The topological polar surface area (TPSA) is 52.7 Å². The molecule has 1 N–H and O–H groups in total. The van der Waals surface area contributed by atoms with E-state index in [9.17, 15) is 9.59 Å². The van der Waals surface area contributed by atoms with Crippen LogP contribution >= 0.6 is 11.3 Å². The van der Waals surface area contributed by atoms with Gasteiger partial charge in [-0.15, -0.1) is 11.3 Å². The van der Waals surface area contributed by atoms with Crippen molar-refractivity contribution in [2.75, 3.05) is 26.2 Å². The number of likely N-dealkylation sites (tertiary alicyclic amines) is 1. The standard InChI is InChI=1S/C18H27N3O2S/c1-2-15-14-8-13-24-16(14)7-11-21(15)18(23)19-9-12-20-10-5-3-4-6-17(20)22/h8,13,15H,2-7,9-12H2,1H3,(H,19,23)/t15-/m1/s1. The van der Waals surface area contributed by atoms with Gasteiger partial charge in [0, 0.05) is 37.5 Å². The summed E-state index contributed by atoms with van der Waals surface area (Å²) in [4.78, 5) is 29.9. The van der Waals surface area contributed by atoms with E-state index in [4.69, 9.17) is 0 Å². The van der Waals surface area contributed by atoms with Crippen molar-refractivity contribution in [1.82, 2.24) is 15.1 Å². The Hall–Kier alpha value is -1.56. The summed E-state index contributed by atoms with van der Waals surface area (Å²) in [5, 5.41) is 5.15. The lowest BCUT2D eigenvalue weighted by molar-refractivity contribution is -0.130. The highest BCUT2D eigenvalue weighted by molar-refractivity contribution is 7.10. The smallest absolute Gasteiger partial charge is 0.317 e. The zero-order valence-corrected chi connectivity index (χ0v) is 15.2. The van der Waals surface area contributed by atoms with Crippen LogP contribution in [0.2, 0.25) is 0 Å². The minimum atomic E-state index is 0.000899. The molecule has 3 amide bonds. The van der Waals surface area contributed by atoms with E-state index in [0.29, 0.717) is 19.5 Å². The number of nitrogens with one attached hydrogen (secondary N) is 1. The number of hydrogen-bond donors (Lipinski definition) is 1. The molecule has 24 heavy (non-hydrogen) atoms. The van der Waals surface area contributed by atoms with Crippen molar-refractivity contribution in [2.24, 2.45) is 0 Å². The average molecular weight is 350 g/mol. The lowest BCUT2D eigenvalue weighted by Crippen LogP contribution is -2.47. The molecule has 1 fully saturated rings. The summed E-state index contributed by atoms with van der Waals surface area (Å²) >= 11 is 1.79. The lowest BCUT2D eigenvalue weighted by Gasteiger charge is -2.35. The quantitative estimate of drug-likeness (QED) is 0.908. The molecule has 0 unspecified atom stereocenters. The SMILES string of the molecule is CC[C@@H]1c2ccsc2CCN1C(=O)NCCN1CCCCCC1=O. The van der Waals surface area contributed by atoms with E-state index in [2.05, 4.69) is 23.7 Å². The van der Waals surface area contributed by atoms with Gasteiger partial charge in [0.15, 0.2) is 0 Å². The molecule has 0 radical (unpaired) electrons. The fourth-order valence-electron chi connectivity index (χ4n) is 3.75. The maximum Gasteiger partial charge on any atom is 0.317 e. The van der Waals surface area contributed by atoms with Crippen molar-refractivity contribution in [3.63, 3.8) is 0 Å². The third-order valence-corrected chi connectivity index (χ3v) is 6.07. The highest BCUT2D eigenvalue weighted by atomic mass is 32.1. The summed E-state index contributed by atoms with van der Waals surface area (Å²) in [7, 11) is 0. The Bertz CT molecular complexity index is 587. The molecule has 2 aliphatic rings. The number of amides is 3. The lowest BCUT2D eigenvalue weighted by atomic mass is 9.98. The van der Waals surface area contributed by atoms with Crippen molar-refractivity contribution in [3.8, 4) is 0 Å². The highest BCUT2D eigenvalue weighted by Gasteiger charge is 2.30. The molecule has 0 saturated carbocycles. The molecule has 1 atom stereocenters. The minimum absolute atomic E-state index is 0.000899. The molecule has 3 rings (SSSR count). The zero-order chi connectivity index (χ0) is 16.9. The monoisotopic (exact) mass is 349 g/mol. The van der Waals surface area contributed by atoms with Crippen molar-refractivity contribution in [3.05, 3.63) is 21.9 Å². The molecule has 5 nitrogen and oxygen atoms in total. The maximum atomic E-state index is 12.6. The normalized spacial score (nSPS) is 21.4. The summed E-state index contributed by atoms with van der Waals surface area (Å²) in [5.74, 6) is 0.231. The molecule has 3 heterocycles. The third kappa shape index (κ3) is 3.74. The molecule has 0 bridgehead atoms. The van der Waals surface area contributed by atoms with Crippen molar-refractivity contribution in [1.29, 1.82) is 0 Å². The fourth-order valence-corrected chi connectivity index (χ4v) is 4.68. The highest BCUT2D eigenvalue weighted by Crippen LogP contribution is 2.35. The van der Waals surface area contributed by atoms with Gasteiger partial charge in [0.2, 0.25) is 5.91 Å². The summed E-state index contributed by atoms with van der Waals surface area (Å²) in [6.45, 7) is 4.90. The number of nitrogens with zero attached hydrogens (tertiary/aromatic N) is 2. The summed E-state index contributed by atoms with van der Waals surface area (Å²) in [6, 6.07) is 2.34. The zero-order valence-electron chi connectivity index (χ0n) is 14.4. The largest absolute Gasteiger partial charge is 0.341 e. The van der Waals surface area contributed by atoms with Gasteiger partial charge in [-0.3, -0.25) is 4.79 Å².